The summed E-state index contributed by atoms with van der Waals surface area (Å²) in [7, 11) is 0. The van der Waals surface area contributed by atoms with E-state index in [-0.39, 0.29) is 35.9 Å². The van der Waals surface area contributed by atoms with Crippen molar-refractivity contribution in [3.05, 3.63) is 169 Å². The molecular formula is C58H60Cl2N4. The third kappa shape index (κ3) is 7.10. The molecule has 4 nitrogen and oxygen atoms in total. The number of aromatic nitrogens is 4. The van der Waals surface area contributed by atoms with Crippen molar-refractivity contribution >= 4 is 0 Å². The molecule has 0 spiro atoms. The lowest BCUT2D eigenvalue weighted by molar-refractivity contribution is -0.678. The van der Waals surface area contributed by atoms with E-state index in [1.165, 1.54) is 133 Å². The van der Waals surface area contributed by atoms with Crippen molar-refractivity contribution < 1.29 is 33.9 Å². The number of benzene rings is 5. The molecule has 8 saturated carbocycles. The average Bonchev–Trinajstić information content (AvgIpc) is 3.87. The van der Waals surface area contributed by atoms with E-state index in [1.54, 1.807) is 0 Å². The van der Waals surface area contributed by atoms with Crippen molar-refractivity contribution in [3.63, 3.8) is 0 Å². The molecule has 64 heavy (non-hydrogen) atoms. The van der Waals surface area contributed by atoms with Crippen LogP contribution in [-0.2, 0) is 24.2 Å². The van der Waals surface area contributed by atoms with Gasteiger partial charge in [-0.1, -0.05) is 140 Å². The monoisotopic (exact) mass is 882 g/mol. The molecule has 0 aliphatic heterocycles. The first-order valence-electron chi connectivity index (χ1n) is 24.1. The second-order valence-electron chi connectivity index (χ2n) is 21.2. The molecule has 7 aromatic rings. The van der Waals surface area contributed by atoms with Gasteiger partial charge in [0.15, 0.2) is 22.8 Å². The molecule has 2 aromatic heterocycles. The van der Waals surface area contributed by atoms with E-state index in [0.717, 1.165) is 48.6 Å². The van der Waals surface area contributed by atoms with E-state index in [2.05, 4.69) is 177 Å². The van der Waals surface area contributed by atoms with Gasteiger partial charge >= 0.3 is 0 Å². The van der Waals surface area contributed by atoms with Gasteiger partial charge in [0.25, 0.3) is 0 Å². The van der Waals surface area contributed by atoms with Crippen LogP contribution in [0.4, 0.5) is 0 Å². The molecule has 0 unspecified atom stereocenters. The van der Waals surface area contributed by atoms with Crippen LogP contribution >= 0.6 is 0 Å². The zero-order chi connectivity index (χ0) is 40.8. The lowest BCUT2D eigenvalue weighted by Gasteiger charge is -2.55. The first-order chi connectivity index (χ1) is 30.5. The predicted molar refractivity (Wildman–Crippen MR) is 248 cm³/mol. The summed E-state index contributed by atoms with van der Waals surface area (Å²) >= 11 is 0. The third-order valence-corrected chi connectivity index (χ3v) is 16.9. The van der Waals surface area contributed by atoms with E-state index in [1.807, 2.05) is 0 Å². The summed E-state index contributed by atoms with van der Waals surface area (Å²) in [6, 6.07) is 54.8. The molecule has 8 aliphatic carbocycles. The standard InChI is InChI=1S/C58H60N4.2ClH/c1-5-16-49(17-6-1)53-55(51-20-9-3-10-21-51)61(57-31-43-25-44(32-57)27-45(26-43)33-57)39-59(53)37-41-14-13-15-42(24-41)38-60-40-62(58-34-46-28-47(35-58)30-48(29-46)36-58)56(52-22-11-4-12-23-52)54(60)50-18-7-2-8-19-50;;/h1-24,39-40,43-48H,25-38H2;2*1H/q+2;;/p-2. The van der Waals surface area contributed by atoms with Crippen molar-refractivity contribution in [2.75, 3.05) is 0 Å². The molecule has 0 saturated heterocycles. The molecule has 8 fully saturated rings. The highest BCUT2D eigenvalue weighted by Gasteiger charge is 2.57. The molecule has 0 amide bonds. The molecule has 8 aliphatic rings. The molecular weight excluding hydrogens is 824 g/mol. The summed E-state index contributed by atoms with van der Waals surface area (Å²) < 4.78 is 10.9. The Kier molecular flexibility index (Phi) is 10.8. The minimum atomic E-state index is 0. The van der Waals surface area contributed by atoms with E-state index in [0.29, 0.717) is 0 Å². The van der Waals surface area contributed by atoms with Gasteiger partial charge in [-0.15, -0.1) is 0 Å². The summed E-state index contributed by atoms with van der Waals surface area (Å²) in [5.74, 6) is 5.23. The zero-order valence-corrected chi connectivity index (χ0v) is 38.4. The number of imidazole rings is 2. The summed E-state index contributed by atoms with van der Waals surface area (Å²) in [6.07, 6.45) is 21.8. The first-order valence-corrected chi connectivity index (χ1v) is 24.1. The molecule has 0 atom stereocenters. The Labute approximate surface area is 392 Å². The largest absolute Gasteiger partial charge is 1.00 e. The Hall–Kier alpha value is -4.90. The lowest BCUT2D eigenvalue weighted by Crippen LogP contribution is -3.00. The molecule has 2 heterocycles. The van der Waals surface area contributed by atoms with Gasteiger partial charge in [-0.05, 0) is 130 Å². The van der Waals surface area contributed by atoms with Crippen LogP contribution < -0.4 is 33.9 Å². The van der Waals surface area contributed by atoms with E-state index >= 15 is 0 Å². The minimum Gasteiger partial charge on any atom is -1.00 e. The van der Waals surface area contributed by atoms with Crippen LogP contribution in [-0.4, -0.2) is 9.13 Å². The van der Waals surface area contributed by atoms with Crippen LogP contribution in [0, 0.1) is 35.5 Å². The Balaban J connectivity index is 0.00000228. The normalized spacial score (nSPS) is 28.2. The van der Waals surface area contributed by atoms with Gasteiger partial charge in [-0.3, -0.25) is 0 Å². The highest BCUT2D eigenvalue weighted by Crippen LogP contribution is 2.61. The fraction of sp³-hybridized carbons (Fsp3) is 0.379. The predicted octanol–water partition coefficient (Wildman–Crippen LogP) is 6.49. The number of hydrogen-bond donors (Lipinski definition) is 0. The quantitative estimate of drug-likeness (QED) is 0.140. The average molecular weight is 884 g/mol. The molecule has 8 bridgehead atoms. The maximum Gasteiger partial charge on any atom is 0.245 e. The van der Waals surface area contributed by atoms with Crippen LogP contribution in [0.5, 0.6) is 0 Å². The van der Waals surface area contributed by atoms with Gasteiger partial charge < -0.3 is 24.8 Å². The van der Waals surface area contributed by atoms with Gasteiger partial charge in [-0.25, -0.2) is 18.3 Å². The molecule has 0 radical (unpaired) electrons. The minimum absolute atomic E-state index is 0. The number of nitrogens with zero attached hydrogens (tertiary/aromatic N) is 4. The Morgan fingerprint density at radius 2 is 0.672 bits per heavy atom. The molecule has 15 rings (SSSR count). The fourth-order valence-corrected chi connectivity index (χ4v) is 15.4. The van der Waals surface area contributed by atoms with Gasteiger partial charge in [0.1, 0.15) is 24.2 Å². The number of rotatable bonds is 10. The summed E-state index contributed by atoms with van der Waals surface area (Å²) in [5.41, 5.74) is 13.9. The van der Waals surface area contributed by atoms with Gasteiger partial charge in [0, 0.05) is 22.3 Å². The second-order valence-corrected chi connectivity index (χ2v) is 21.2. The first kappa shape index (κ1) is 41.8. The molecule has 326 valence electrons. The summed E-state index contributed by atoms with van der Waals surface area (Å²) in [6.45, 7) is 1.66. The maximum atomic E-state index is 2.82. The van der Waals surface area contributed by atoms with Crippen LogP contribution in [0.1, 0.15) is 88.2 Å². The highest BCUT2D eigenvalue weighted by atomic mass is 35.5. The van der Waals surface area contributed by atoms with Crippen LogP contribution in [0.25, 0.3) is 45.0 Å². The molecule has 0 N–H and O–H groups in total. The smallest absolute Gasteiger partial charge is 0.245 e. The van der Waals surface area contributed by atoms with Crippen molar-refractivity contribution in [2.45, 2.75) is 101 Å². The van der Waals surface area contributed by atoms with E-state index in [4.69, 9.17) is 0 Å². The zero-order valence-electron chi connectivity index (χ0n) is 36.9. The van der Waals surface area contributed by atoms with Crippen molar-refractivity contribution in [3.8, 4) is 45.0 Å². The molecule has 6 heteroatoms. The van der Waals surface area contributed by atoms with E-state index < -0.39 is 0 Å². The second kappa shape index (κ2) is 16.5. The van der Waals surface area contributed by atoms with Crippen LogP contribution in [0.2, 0.25) is 0 Å². The highest BCUT2D eigenvalue weighted by molar-refractivity contribution is 5.78. The Morgan fingerprint density at radius 3 is 0.984 bits per heavy atom. The number of hydrogen-bond acceptors (Lipinski definition) is 0. The van der Waals surface area contributed by atoms with Crippen LogP contribution in [0.3, 0.4) is 0 Å². The lowest BCUT2D eigenvalue weighted by atomic mass is 9.53. The van der Waals surface area contributed by atoms with Crippen LogP contribution in [0.15, 0.2) is 158 Å². The van der Waals surface area contributed by atoms with Crippen molar-refractivity contribution in [2.24, 2.45) is 35.5 Å². The number of halogens is 2. The summed E-state index contributed by atoms with van der Waals surface area (Å²) in [5, 5.41) is 0. The maximum absolute atomic E-state index is 2.82. The Bertz CT molecular complexity index is 2500. The van der Waals surface area contributed by atoms with Gasteiger partial charge in [-0.2, -0.15) is 0 Å². The van der Waals surface area contributed by atoms with Gasteiger partial charge in [0.05, 0.1) is 0 Å². The SMILES string of the molecule is [Cl-].[Cl-].c1ccc(-c2c(-c3ccccc3)[n+](Cc3cccc(C[n+]4cn(C56CC7CC(CC(C7)C5)C6)c(-c5ccccc5)c4-c4ccccc4)c3)cn2C23CC4CC(CC(C4)C2)C3)cc1. The fourth-order valence-electron chi connectivity index (χ4n) is 15.4. The van der Waals surface area contributed by atoms with Gasteiger partial charge in [0.2, 0.25) is 12.7 Å². The summed E-state index contributed by atoms with van der Waals surface area (Å²) in [4.78, 5) is 0. The van der Waals surface area contributed by atoms with Crippen molar-refractivity contribution in [1.82, 2.24) is 9.13 Å². The van der Waals surface area contributed by atoms with Crippen molar-refractivity contribution in [1.29, 1.82) is 0 Å². The topological polar surface area (TPSA) is 17.6 Å². The molecule has 5 aromatic carbocycles. The Morgan fingerprint density at radius 1 is 0.375 bits per heavy atom. The van der Waals surface area contributed by atoms with E-state index in [9.17, 15) is 0 Å². The third-order valence-electron chi connectivity index (χ3n) is 16.9.